The molecule has 0 amide bonds. The van der Waals surface area contributed by atoms with Crippen molar-refractivity contribution in [3.8, 4) is 0 Å². The third-order valence-electron chi connectivity index (χ3n) is 4.97. The summed E-state index contributed by atoms with van der Waals surface area (Å²) in [5.74, 6) is 0.964. The van der Waals surface area contributed by atoms with Crippen LogP contribution in [0.2, 0.25) is 0 Å². The molecule has 1 heterocycles. The number of nitrogens with zero attached hydrogens (tertiary/aromatic N) is 2. The summed E-state index contributed by atoms with van der Waals surface area (Å²) >= 11 is 0. The summed E-state index contributed by atoms with van der Waals surface area (Å²) in [4.78, 5) is 0. The molecule has 0 bridgehead atoms. The van der Waals surface area contributed by atoms with Crippen LogP contribution in [0.4, 0.5) is 0 Å². The third-order valence-corrected chi connectivity index (χ3v) is 4.97. The highest BCUT2D eigenvalue weighted by Gasteiger charge is 2.29. The predicted molar refractivity (Wildman–Crippen MR) is 82.9 cm³/mol. The Morgan fingerprint density at radius 2 is 2.10 bits per heavy atom. The molecular weight excluding hydrogens is 246 g/mol. The smallest absolute Gasteiger partial charge is 0.0624 e. The van der Waals surface area contributed by atoms with Crippen LogP contribution in [0.3, 0.4) is 0 Å². The molecule has 2 aliphatic carbocycles. The monoisotopic (exact) mass is 275 g/mol. The van der Waals surface area contributed by atoms with Crippen LogP contribution in [-0.2, 0) is 6.42 Å². The van der Waals surface area contributed by atoms with Gasteiger partial charge in [0, 0.05) is 12.2 Å². The quantitative estimate of drug-likeness (QED) is 0.784. The van der Waals surface area contributed by atoms with Gasteiger partial charge in [0.15, 0.2) is 0 Å². The van der Waals surface area contributed by atoms with Crippen LogP contribution >= 0.6 is 0 Å². The second-order valence-corrected chi connectivity index (χ2v) is 6.62. The Kier molecular flexibility index (Phi) is 4.77. The summed E-state index contributed by atoms with van der Waals surface area (Å²) in [6.45, 7) is 3.33. The van der Waals surface area contributed by atoms with E-state index in [0.29, 0.717) is 6.04 Å². The molecule has 3 heteroatoms. The van der Waals surface area contributed by atoms with Crippen molar-refractivity contribution in [1.29, 1.82) is 0 Å². The molecule has 2 aliphatic rings. The van der Waals surface area contributed by atoms with Crippen molar-refractivity contribution in [2.24, 2.45) is 5.92 Å². The van der Waals surface area contributed by atoms with E-state index in [9.17, 15) is 0 Å². The Morgan fingerprint density at radius 1 is 1.30 bits per heavy atom. The average molecular weight is 275 g/mol. The van der Waals surface area contributed by atoms with Gasteiger partial charge in [0.1, 0.15) is 0 Å². The van der Waals surface area contributed by atoms with Crippen LogP contribution in [0.25, 0.3) is 0 Å². The van der Waals surface area contributed by atoms with Crippen molar-refractivity contribution < 1.29 is 0 Å². The van der Waals surface area contributed by atoms with Crippen molar-refractivity contribution in [3.05, 3.63) is 18.0 Å². The standard InChI is InChI=1S/C17H29N3/c1-2-18-17(14-10-11-14)9-5-6-15-12-13-20(19-15)16-7-3-4-8-16/h12-14,16-18H,2-11H2,1H3. The van der Waals surface area contributed by atoms with Crippen LogP contribution in [0.1, 0.15) is 70.0 Å². The van der Waals surface area contributed by atoms with Crippen molar-refractivity contribution in [3.63, 3.8) is 0 Å². The largest absolute Gasteiger partial charge is 0.314 e. The second-order valence-electron chi connectivity index (χ2n) is 6.62. The summed E-state index contributed by atoms with van der Waals surface area (Å²) in [6, 6.07) is 3.68. The van der Waals surface area contributed by atoms with E-state index in [2.05, 4.69) is 29.2 Å². The summed E-state index contributed by atoms with van der Waals surface area (Å²) in [5.41, 5.74) is 1.29. The van der Waals surface area contributed by atoms with Gasteiger partial charge in [-0.1, -0.05) is 19.8 Å². The molecule has 2 saturated carbocycles. The molecule has 20 heavy (non-hydrogen) atoms. The predicted octanol–water partition coefficient (Wildman–Crippen LogP) is 3.71. The van der Waals surface area contributed by atoms with Crippen molar-refractivity contribution >= 4 is 0 Å². The first-order chi connectivity index (χ1) is 9.86. The number of rotatable bonds is 8. The molecule has 0 aliphatic heterocycles. The molecule has 0 aromatic carbocycles. The van der Waals surface area contributed by atoms with Gasteiger partial charge >= 0.3 is 0 Å². The lowest BCUT2D eigenvalue weighted by molar-refractivity contribution is 0.430. The van der Waals surface area contributed by atoms with Gasteiger partial charge in [-0.2, -0.15) is 5.10 Å². The van der Waals surface area contributed by atoms with E-state index >= 15 is 0 Å². The van der Waals surface area contributed by atoms with Gasteiger partial charge in [-0.15, -0.1) is 0 Å². The molecule has 2 fully saturated rings. The van der Waals surface area contributed by atoms with Crippen LogP contribution in [0.5, 0.6) is 0 Å². The summed E-state index contributed by atoms with van der Waals surface area (Å²) in [5, 5.41) is 8.45. The number of aromatic nitrogens is 2. The van der Waals surface area contributed by atoms with E-state index < -0.39 is 0 Å². The molecule has 1 aromatic heterocycles. The molecule has 1 unspecified atom stereocenters. The Hall–Kier alpha value is -0.830. The molecule has 3 nitrogen and oxygen atoms in total. The van der Waals surface area contributed by atoms with Gasteiger partial charge < -0.3 is 5.32 Å². The Balaban J connectivity index is 1.43. The molecule has 1 N–H and O–H groups in total. The van der Waals surface area contributed by atoms with Gasteiger partial charge in [-0.3, -0.25) is 4.68 Å². The fourth-order valence-electron chi connectivity index (χ4n) is 3.65. The average Bonchev–Trinajstić information content (AvgIpc) is 2.97. The summed E-state index contributed by atoms with van der Waals surface area (Å²) < 4.78 is 2.23. The number of hydrogen-bond donors (Lipinski definition) is 1. The van der Waals surface area contributed by atoms with Crippen LogP contribution in [-0.4, -0.2) is 22.4 Å². The Bertz CT molecular complexity index is 402. The highest BCUT2D eigenvalue weighted by Crippen LogP contribution is 2.34. The van der Waals surface area contributed by atoms with E-state index in [1.807, 2.05) is 0 Å². The summed E-state index contributed by atoms with van der Waals surface area (Å²) in [6.07, 6.45) is 14.2. The first-order valence-corrected chi connectivity index (χ1v) is 8.64. The van der Waals surface area contributed by atoms with E-state index in [1.165, 1.54) is 57.1 Å². The van der Waals surface area contributed by atoms with Crippen molar-refractivity contribution in [2.75, 3.05) is 6.54 Å². The molecule has 1 aromatic rings. The van der Waals surface area contributed by atoms with Gasteiger partial charge in [0.25, 0.3) is 0 Å². The SMILES string of the molecule is CCNC(CCCc1ccn(C2CCCC2)n1)C1CC1. The lowest BCUT2D eigenvalue weighted by atomic mass is 10.0. The first kappa shape index (κ1) is 14.1. The number of nitrogens with one attached hydrogen (secondary N) is 1. The van der Waals surface area contributed by atoms with Crippen LogP contribution in [0, 0.1) is 5.92 Å². The molecule has 3 rings (SSSR count). The van der Waals surface area contributed by atoms with E-state index in [0.717, 1.165) is 24.9 Å². The molecule has 0 spiro atoms. The van der Waals surface area contributed by atoms with Crippen molar-refractivity contribution in [2.45, 2.75) is 76.8 Å². The maximum Gasteiger partial charge on any atom is 0.0624 e. The minimum absolute atomic E-state index is 0.685. The molecule has 1 atom stereocenters. The summed E-state index contributed by atoms with van der Waals surface area (Å²) in [7, 11) is 0. The van der Waals surface area contributed by atoms with E-state index in [4.69, 9.17) is 5.10 Å². The third kappa shape index (κ3) is 3.63. The zero-order chi connectivity index (χ0) is 13.8. The van der Waals surface area contributed by atoms with Crippen LogP contribution in [0.15, 0.2) is 12.3 Å². The van der Waals surface area contributed by atoms with Gasteiger partial charge in [-0.25, -0.2) is 0 Å². The molecule has 112 valence electrons. The van der Waals surface area contributed by atoms with Gasteiger partial charge in [0.05, 0.1) is 11.7 Å². The zero-order valence-electron chi connectivity index (χ0n) is 12.9. The first-order valence-electron chi connectivity index (χ1n) is 8.64. The number of hydrogen-bond acceptors (Lipinski definition) is 2. The van der Waals surface area contributed by atoms with Gasteiger partial charge in [0.2, 0.25) is 0 Å². The Morgan fingerprint density at radius 3 is 2.80 bits per heavy atom. The highest BCUT2D eigenvalue weighted by molar-refractivity contribution is 5.00. The molecular formula is C17H29N3. The fraction of sp³-hybridized carbons (Fsp3) is 0.824. The Labute approximate surface area is 123 Å². The maximum absolute atomic E-state index is 4.79. The second kappa shape index (κ2) is 6.75. The lowest BCUT2D eigenvalue weighted by Gasteiger charge is -2.16. The number of aryl methyl sites for hydroxylation is 1. The fourth-order valence-corrected chi connectivity index (χ4v) is 3.65. The van der Waals surface area contributed by atoms with E-state index in [-0.39, 0.29) is 0 Å². The van der Waals surface area contributed by atoms with E-state index in [1.54, 1.807) is 0 Å². The minimum atomic E-state index is 0.685. The van der Waals surface area contributed by atoms with Crippen molar-refractivity contribution in [1.82, 2.24) is 15.1 Å². The topological polar surface area (TPSA) is 29.9 Å². The normalized spacial score (nSPS) is 21.4. The zero-order valence-corrected chi connectivity index (χ0v) is 12.9. The minimum Gasteiger partial charge on any atom is -0.314 e. The van der Waals surface area contributed by atoms with Crippen LogP contribution < -0.4 is 5.32 Å². The molecule has 0 radical (unpaired) electrons. The van der Waals surface area contributed by atoms with Gasteiger partial charge in [-0.05, 0) is 63.5 Å². The lowest BCUT2D eigenvalue weighted by Crippen LogP contribution is -2.30. The maximum atomic E-state index is 4.79. The highest BCUT2D eigenvalue weighted by atomic mass is 15.3. The molecule has 0 saturated heterocycles.